The van der Waals surface area contributed by atoms with Crippen molar-refractivity contribution in [3.8, 4) is 0 Å². The summed E-state index contributed by atoms with van der Waals surface area (Å²) in [7, 11) is -2.78. The van der Waals surface area contributed by atoms with Crippen LogP contribution in [-0.2, 0) is 23.8 Å². The van der Waals surface area contributed by atoms with E-state index in [1.807, 2.05) is 0 Å². The smallest absolute Gasteiger partial charge is 0.435 e. The van der Waals surface area contributed by atoms with Crippen LogP contribution in [-0.4, -0.2) is 34.2 Å². The molecule has 72 valence electrons. The van der Waals surface area contributed by atoms with Crippen LogP contribution in [0.1, 0.15) is 6.92 Å². The Morgan fingerprint density at radius 2 is 1.92 bits per heavy atom. The Balaban J connectivity index is 3.76. The Morgan fingerprint density at radius 3 is 2.33 bits per heavy atom. The van der Waals surface area contributed by atoms with Crippen molar-refractivity contribution in [1.82, 2.24) is 0 Å². The summed E-state index contributed by atoms with van der Waals surface area (Å²) in [6.07, 6.45) is -1.03. The van der Waals surface area contributed by atoms with E-state index in [-0.39, 0.29) is 6.61 Å². The van der Waals surface area contributed by atoms with Gasteiger partial charge in [0.25, 0.3) is 0 Å². The van der Waals surface area contributed by atoms with Gasteiger partial charge in [-0.2, -0.15) is 8.42 Å². The van der Waals surface area contributed by atoms with Crippen molar-refractivity contribution in [2.45, 2.75) is 6.92 Å². The lowest BCUT2D eigenvalue weighted by molar-refractivity contribution is 0.0698. The highest BCUT2D eigenvalue weighted by Crippen LogP contribution is 1.93. The van der Waals surface area contributed by atoms with Crippen LogP contribution in [0.3, 0.4) is 0 Å². The maximum atomic E-state index is 10.6. The van der Waals surface area contributed by atoms with E-state index in [0.29, 0.717) is 0 Å². The zero-order valence-electron chi connectivity index (χ0n) is 6.77. The van der Waals surface area contributed by atoms with Crippen LogP contribution in [0.2, 0.25) is 0 Å². The molecule has 0 fully saturated rings. The molecule has 0 unspecified atom stereocenters. The van der Waals surface area contributed by atoms with Crippen molar-refractivity contribution < 1.29 is 26.9 Å². The topological polar surface area (TPSA) is 78.9 Å². The average molecular weight is 198 g/mol. The van der Waals surface area contributed by atoms with E-state index in [0.717, 1.165) is 7.11 Å². The lowest BCUT2D eigenvalue weighted by Crippen LogP contribution is -2.16. The first-order chi connectivity index (χ1) is 5.52. The quantitative estimate of drug-likeness (QED) is 0.470. The van der Waals surface area contributed by atoms with E-state index in [4.69, 9.17) is 0 Å². The number of hydrogen-bond acceptors (Lipinski definition) is 6. The second-order valence-corrected chi connectivity index (χ2v) is 3.35. The van der Waals surface area contributed by atoms with E-state index < -0.39 is 22.2 Å². The molecule has 0 aliphatic rings. The Kier molecular flexibility index (Phi) is 4.60. The standard InChI is InChI=1S/C5H10O6S/c1-3-10-5(6)11-4-12(7,8)9-2/h3-4H2,1-2H3. The Morgan fingerprint density at radius 1 is 1.33 bits per heavy atom. The third kappa shape index (κ3) is 4.91. The Hall–Kier alpha value is -0.820. The Labute approximate surface area is 70.5 Å². The average Bonchev–Trinajstić information content (AvgIpc) is 2.02. The monoisotopic (exact) mass is 198 g/mol. The molecule has 6 nitrogen and oxygen atoms in total. The van der Waals surface area contributed by atoms with Crippen molar-refractivity contribution in [3.05, 3.63) is 0 Å². The highest BCUT2D eigenvalue weighted by Gasteiger charge is 2.12. The highest BCUT2D eigenvalue weighted by molar-refractivity contribution is 7.86. The van der Waals surface area contributed by atoms with Crippen LogP contribution < -0.4 is 0 Å². The number of carbonyl (C=O) groups excluding carboxylic acids is 1. The van der Waals surface area contributed by atoms with Gasteiger partial charge < -0.3 is 9.47 Å². The number of carbonyl (C=O) groups is 1. The van der Waals surface area contributed by atoms with Gasteiger partial charge in [0.05, 0.1) is 13.7 Å². The van der Waals surface area contributed by atoms with Gasteiger partial charge in [-0.3, -0.25) is 4.18 Å². The normalized spacial score (nSPS) is 10.8. The Bertz CT molecular complexity index is 230. The molecule has 0 aliphatic carbocycles. The van der Waals surface area contributed by atoms with Crippen LogP contribution >= 0.6 is 0 Å². The zero-order valence-corrected chi connectivity index (χ0v) is 7.59. The number of rotatable bonds is 4. The van der Waals surface area contributed by atoms with Gasteiger partial charge in [0.15, 0.2) is 0 Å². The van der Waals surface area contributed by atoms with Gasteiger partial charge >= 0.3 is 16.3 Å². The van der Waals surface area contributed by atoms with Crippen molar-refractivity contribution in [2.75, 3.05) is 19.7 Å². The SMILES string of the molecule is CCOC(=O)OCS(=O)(=O)OC. The summed E-state index contributed by atoms with van der Waals surface area (Å²) in [5.41, 5.74) is 0. The summed E-state index contributed by atoms with van der Waals surface area (Å²) < 4.78 is 33.6. The second-order valence-electron chi connectivity index (χ2n) is 1.67. The molecule has 0 atom stereocenters. The van der Waals surface area contributed by atoms with Crippen LogP contribution in [0, 0.1) is 0 Å². The van der Waals surface area contributed by atoms with Gasteiger partial charge in [-0.25, -0.2) is 4.79 Å². The summed E-state index contributed by atoms with van der Waals surface area (Å²) in [5.74, 6) is -0.831. The first kappa shape index (κ1) is 11.2. The first-order valence-corrected chi connectivity index (χ1v) is 4.67. The molecule has 0 amide bonds. The predicted octanol–water partition coefficient (Wildman–Crippen LogP) is 0.0932. The fourth-order valence-electron chi connectivity index (χ4n) is 0.328. The minimum absolute atomic E-state index is 0.131. The molecule has 0 heterocycles. The molecule has 0 rings (SSSR count). The van der Waals surface area contributed by atoms with Crippen molar-refractivity contribution in [2.24, 2.45) is 0 Å². The van der Waals surface area contributed by atoms with Gasteiger partial charge in [0.2, 0.25) is 5.94 Å². The molecule has 0 radical (unpaired) electrons. The van der Waals surface area contributed by atoms with Gasteiger partial charge in [-0.15, -0.1) is 0 Å². The number of hydrogen-bond donors (Lipinski definition) is 0. The minimum Gasteiger partial charge on any atom is -0.435 e. The molecule has 0 saturated carbocycles. The van der Waals surface area contributed by atoms with Gasteiger partial charge in [-0.05, 0) is 6.92 Å². The lowest BCUT2D eigenvalue weighted by Gasteiger charge is -2.03. The predicted molar refractivity (Wildman–Crippen MR) is 38.9 cm³/mol. The molecule has 0 aromatic heterocycles. The van der Waals surface area contributed by atoms with E-state index in [1.54, 1.807) is 6.92 Å². The summed E-state index contributed by atoms with van der Waals surface area (Å²) in [5, 5.41) is 0. The molecule has 0 bridgehead atoms. The fourth-order valence-corrected chi connectivity index (χ4v) is 0.665. The van der Waals surface area contributed by atoms with E-state index in [2.05, 4.69) is 13.7 Å². The maximum Gasteiger partial charge on any atom is 0.509 e. The molecule has 12 heavy (non-hydrogen) atoms. The first-order valence-electron chi connectivity index (χ1n) is 3.09. The largest absolute Gasteiger partial charge is 0.509 e. The van der Waals surface area contributed by atoms with Crippen LogP contribution in [0.4, 0.5) is 4.79 Å². The van der Waals surface area contributed by atoms with Crippen molar-refractivity contribution >= 4 is 16.3 Å². The van der Waals surface area contributed by atoms with Crippen molar-refractivity contribution in [3.63, 3.8) is 0 Å². The zero-order chi connectivity index (χ0) is 9.61. The maximum absolute atomic E-state index is 10.6. The van der Waals surface area contributed by atoms with Crippen LogP contribution in [0.15, 0.2) is 0 Å². The third-order valence-electron chi connectivity index (χ3n) is 0.837. The molecule has 7 heteroatoms. The second kappa shape index (κ2) is 4.94. The highest BCUT2D eigenvalue weighted by atomic mass is 32.2. The summed E-state index contributed by atoms with van der Waals surface area (Å²) in [6.45, 7) is 1.71. The molecular weight excluding hydrogens is 188 g/mol. The molecular formula is C5H10O6S. The summed E-state index contributed by atoms with van der Waals surface area (Å²) in [6, 6.07) is 0. The lowest BCUT2D eigenvalue weighted by atomic mass is 10.9. The molecule has 0 spiro atoms. The molecule has 0 saturated heterocycles. The van der Waals surface area contributed by atoms with E-state index >= 15 is 0 Å². The third-order valence-corrected chi connectivity index (χ3v) is 1.75. The van der Waals surface area contributed by atoms with Crippen molar-refractivity contribution in [1.29, 1.82) is 0 Å². The van der Waals surface area contributed by atoms with Gasteiger partial charge in [0, 0.05) is 0 Å². The summed E-state index contributed by atoms with van der Waals surface area (Å²) >= 11 is 0. The molecule has 0 aromatic rings. The van der Waals surface area contributed by atoms with Gasteiger partial charge in [0.1, 0.15) is 0 Å². The minimum atomic E-state index is -3.76. The fraction of sp³-hybridized carbons (Fsp3) is 0.800. The van der Waals surface area contributed by atoms with E-state index in [1.165, 1.54) is 0 Å². The number of ether oxygens (including phenoxy) is 2. The molecule has 0 aromatic carbocycles. The molecule has 0 aliphatic heterocycles. The summed E-state index contributed by atoms with van der Waals surface area (Å²) in [4.78, 5) is 10.4. The molecule has 0 N–H and O–H groups in total. The van der Waals surface area contributed by atoms with Crippen LogP contribution in [0.5, 0.6) is 0 Å². The van der Waals surface area contributed by atoms with Crippen LogP contribution in [0.25, 0.3) is 0 Å². The van der Waals surface area contributed by atoms with Gasteiger partial charge in [-0.1, -0.05) is 0 Å². The van der Waals surface area contributed by atoms with E-state index in [9.17, 15) is 13.2 Å².